The van der Waals surface area contributed by atoms with E-state index in [-0.39, 0.29) is 11.7 Å². The van der Waals surface area contributed by atoms with E-state index < -0.39 is 4.92 Å². The number of nitrogens with one attached hydrogen (secondary N) is 1. The molecule has 0 saturated heterocycles. The fraction of sp³-hybridized carbons (Fsp3) is 0.133. The van der Waals surface area contributed by atoms with Crippen LogP contribution in [-0.2, 0) is 0 Å². The smallest absolute Gasteiger partial charge is 0.292 e. The summed E-state index contributed by atoms with van der Waals surface area (Å²) in [5, 5.41) is 23.1. The van der Waals surface area contributed by atoms with Crippen LogP contribution in [-0.4, -0.2) is 4.92 Å². The highest BCUT2D eigenvalue weighted by Crippen LogP contribution is 2.29. The second kappa shape index (κ2) is 6.37. The zero-order valence-electron chi connectivity index (χ0n) is 11.2. The van der Waals surface area contributed by atoms with E-state index in [9.17, 15) is 10.1 Å². The van der Waals surface area contributed by atoms with Gasteiger partial charge in [0.15, 0.2) is 0 Å². The summed E-state index contributed by atoms with van der Waals surface area (Å²) in [6.45, 7) is 1.91. The summed E-state index contributed by atoms with van der Waals surface area (Å²) in [5.74, 6) is 0. The maximum absolute atomic E-state index is 11.1. The molecular formula is C15H12BrN3O2. The Kier molecular flexibility index (Phi) is 4.55. The van der Waals surface area contributed by atoms with Crippen LogP contribution in [0.1, 0.15) is 24.1 Å². The molecular weight excluding hydrogens is 334 g/mol. The maximum atomic E-state index is 11.1. The predicted octanol–water partition coefficient (Wildman–Crippen LogP) is 4.40. The van der Waals surface area contributed by atoms with Crippen molar-refractivity contribution in [1.82, 2.24) is 0 Å². The molecule has 106 valence electrons. The number of nitro benzene ring substituents is 1. The Labute approximate surface area is 130 Å². The van der Waals surface area contributed by atoms with E-state index in [1.54, 1.807) is 0 Å². The third-order valence-electron chi connectivity index (χ3n) is 3.06. The van der Waals surface area contributed by atoms with Crippen LogP contribution >= 0.6 is 15.9 Å². The van der Waals surface area contributed by atoms with Gasteiger partial charge in [-0.3, -0.25) is 10.1 Å². The Hall–Kier alpha value is -2.39. The Morgan fingerprint density at radius 2 is 1.95 bits per heavy atom. The standard InChI is InChI=1S/C15H12BrN3O2/c1-10(12-3-5-13(16)6-4-12)18-14-8-11(9-17)2-7-15(14)19(20)21/h2-8,10,18H,1H3. The number of nitro groups is 1. The second-order valence-electron chi connectivity index (χ2n) is 4.52. The molecule has 5 nitrogen and oxygen atoms in total. The minimum atomic E-state index is -0.461. The first-order valence-corrected chi connectivity index (χ1v) is 7.01. The third kappa shape index (κ3) is 3.58. The van der Waals surface area contributed by atoms with E-state index in [1.165, 1.54) is 18.2 Å². The van der Waals surface area contributed by atoms with Crippen molar-refractivity contribution >= 4 is 27.3 Å². The molecule has 0 spiro atoms. The lowest BCUT2D eigenvalue weighted by Gasteiger charge is -2.16. The van der Waals surface area contributed by atoms with Crippen LogP contribution in [0.4, 0.5) is 11.4 Å². The highest BCUT2D eigenvalue weighted by molar-refractivity contribution is 9.10. The van der Waals surface area contributed by atoms with Gasteiger partial charge >= 0.3 is 0 Å². The molecule has 2 rings (SSSR count). The summed E-state index contributed by atoms with van der Waals surface area (Å²) >= 11 is 3.37. The minimum absolute atomic E-state index is 0.0436. The van der Waals surface area contributed by atoms with Gasteiger partial charge in [0.1, 0.15) is 5.69 Å². The molecule has 0 radical (unpaired) electrons. The summed E-state index contributed by atoms with van der Waals surface area (Å²) in [6.07, 6.45) is 0. The lowest BCUT2D eigenvalue weighted by molar-refractivity contribution is -0.384. The summed E-state index contributed by atoms with van der Waals surface area (Å²) in [7, 11) is 0. The van der Waals surface area contributed by atoms with Gasteiger partial charge < -0.3 is 5.32 Å². The summed E-state index contributed by atoms with van der Waals surface area (Å²) in [4.78, 5) is 10.6. The molecule has 1 atom stereocenters. The highest BCUT2D eigenvalue weighted by atomic mass is 79.9. The van der Waals surface area contributed by atoms with E-state index >= 15 is 0 Å². The third-order valence-corrected chi connectivity index (χ3v) is 3.59. The van der Waals surface area contributed by atoms with E-state index in [0.29, 0.717) is 11.3 Å². The van der Waals surface area contributed by atoms with Gasteiger partial charge in [-0.25, -0.2) is 0 Å². The Morgan fingerprint density at radius 3 is 2.52 bits per heavy atom. The Morgan fingerprint density at radius 1 is 1.29 bits per heavy atom. The van der Waals surface area contributed by atoms with Gasteiger partial charge in [-0.15, -0.1) is 0 Å². The molecule has 0 fully saturated rings. The van der Waals surface area contributed by atoms with Crippen LogP contribution in [0.25, 0.3) is 0 Å². The second-order valence-corrected chi connectivity index (χ2v) is 5.43. The molecule has 21 heavy (non-hydrogen) atoms. The van der Waals surface area contributed by atoms with E-state index in [4.69, 9.17) is 5.26 Å². The van der Waals surface area contributed by atoms with Crippen molar-refractivity contribution in [2.45, 2.75) is 13.0 Å². The molecule has 0 aromatic heterocycles. The zero-order chi connectivity index (χ0) is 15.4. The van der Waals surface area contributed by atoms with E-state index in [0.717, 1.165) is 10.0 Å². The van der Waals surface area contributed by atoms with Crippen molar-refractivity contribution in [2.24, 2.45) is 0 Å². The van der Waals surface area contributed by atoms with Gasteiger partial charge in [0, 0.05) is 16.6 Å². The molecule has 1 N–H and O–H groups in total. The zero-order valence-corrected chi connectivity index (χ0v) is 12.8. The SMILES string of the molecule is CC(Nc1cc(C#N)ccc1[N+](=O)[O-])c1ccc(Br)cc1. The van der Waals surface area contributed by atoms with Gasteiger partial charge in [0.05, 0.1) is 16.6 Å². The quantitative estimate of drug-likeness (QED) is 0.657. The average molecular weight is 346 g/mol. The highest BCUT2D eigenvalue weighted by Gasteiger charge is 2.16. The number of hydrogen-bond acceptors (Lipinski definition) is 4. The number of halogens is 1. The first-order chi connectivity index (χ1) is 10.0. The largest absolute Gasteiger partial charge is 0.373 e. The van der Waals surface area contributed by atoms with Gasteiger partial charge in [-0.2, -0.15) is 5.26 Å². The van der Waals surface area contributed by atoms with Crippen molar-refractivity contribution in [3.8, 4) is 6.07 Å². The van der Waals surface area contributed by atoms with Crippen LogP contribution in [0.15, 0.2) is 46.9 Å². The number of nitriles is 1. The van der Waals surface area contributed by atoms with E-state index in [2.05, 4.69) is 21.2 Å². The van der Waals surface area contributed by atoms with Gasteiger partial charge in [0.25, 0.3) is 5.69 Å². The Balaban J connectivity index is 2.31. The fourth-order valence-electron chi connectivity index (χ4n) is 1.95. The van der Waals surface area contributed by atoms with Gasteiger partial charge in [-0.1, -0.05) is 28.1 Å². The van der Waals surface area contributed by atoms with Crippen LogP contribution in [0, 0.1) is 21.4 Å². The number of benzene rings is 2. The van der Waals surface area contributed by atoms with Crippen molar-refractivity contribution in [3.63, 3.8) is 0 Å². The lowest BCUT2D eigenvalue weighted by Crippen LogP contribution is -2.08. The number of nitrogens with zero attached hydrogens (tertiary/aromatic N) is 2. The summed E-state index contributed by atoms with van der Waals surface area (Å²) < 4.78 is 0.968. The monoisotopic (exact) mass is 345 g/mol. The van der Waals surface area contributed by atoms with Gasteiger partial charge in [0.2, 0.25) is 0 Å². The number of rotatable bonds is 4. The fourth-order valence-corrected chi connectivity index (χ4v) is 2.21. The molecule has 0 saturated carbocycles. The molecule has 2 aromatic rings. The molecule has 1 unspecified atom stereocenters. The molecule has 0 aliphatic heterocycles. The first kappa shape index (κ1) is 15.0. The maximum Gasteiger partial charge on any atom is 0.292 e. The predicted molar refractivity (Wildman–Crippen MR) is 84.0 cm³/mol. The molecule has 0 heterocycles. The van der Waals surface area contributed by atoms with Crippen molar-refractivity contribution in [2.75, 3.05) is 5.32 Å². The Bertz CT molecular complexity index is 708. The van der Waals surface area contributed by atoms with E-state index in [1.807, 2.05) is 37.3 Å². The lowest BCUT2D eigenvalue weighted by atomic mass is 10.1. The molecule has 0 bridgehead atoms. The molecule has 2 aromatic carbocycles. The van der Waals surface area contributed by atoms with Crippen LogP contribution in [0.2, 0.25) is 0 Å². The normalized spacial score (nSPS) is 11.5. The van der Waals surface area contributed by atoms with Crippen LogP contribution in [0.5, 0.6) is 0 Å². The number of anilines is 1. The molecule has 0 aliphatic rings. The molecule has 0 aliphatic carbocycles. The minimum Gasteiger partial charge on any atom is -0.373 e. The molecule has 0 amide bonds. The van der Waals surface area contributed by atoms with Crippen molar-refractivity contribution in [1.29, 1.82) is 5.26 Å². The summed E-state index contributed by atoms with van der Waals surface area (Å²) in [5.41, 5.74) is 1.67. The van der Waals surface area contributed by atoms with Crippen molar-refractivity contribution in [3.05, 3.63) is 68.2 Å². The number of hydrogen-bond donors (Lipinski definition) is 1. The molecule has 6 heteroatoms. The van der Waals surface area contributed by atoms with Gasteiger partial charge in [-0.05, 0) is 36.8 Å². The average Bonchev–Trinajstić information content (AvgIpc) is 2.47. The topological polar surface area (TPSA) is 79.0 Å². The first-order valence-electron chi connectivity index (χ1n) is 6.22. The van der Waals surface area contributed by atoms with Crippen molar-refractivity contribution < 1.29 is 4.92 Å². The van der Waals surface area contributed by atoms with Crippen LogP contribution < -0.4 is 5.32 Å². The van der Waals surface area contributed by atoms with Crippen LogP contribution in [0.3, 0.4) is 0 Å². The summed E-state index contributed by atoms with van der Waals surface area (Å²) in [6, 6.07) is 13.8.